The van der Waals surface area contributed by atoms with Crippen molar-refractivity contribution in [1.29, 1.82) is 5.26 Å². The van der Waals surface area contributed by atoms with Gasteiger partial charge in [0.2, 0.25) is 0 Å². The van der Waals surface area contributed by atoms with Crippen molar-refractivity contribution in [2.75, 3.05) is 0 Å². The Kier molecular flexibility index (Phi) is 4.93. The first-order chi connectivity index (χ1) is 12.6. The molecule has 2 heterocycles. The third-order valence-electron chi connectivity index (χ3n) is 5.33. The Balaban J connectivity index is 1.99. The largest absolute Gasteiger partial charge is 0.494 e. The second kappa shape index (κ2) is 6.79. The zero-order chi connectivity index (χ0) is 20.0. The summed E-state index contributed by atoms with van der Waals surface area (Å²) in [7, 11) is -0.480. The number of nitrogens with zero attached hydrogens (tertiary/aromatic N) is 1. The first-order valence-electron chi connectivity index (χ1n) is 8.86. The Labute approximate surface area is 163 Å². The maximum atomic E-state index is 11.7. The van der Waals surface area contributed by atoms with Gasteiger partial charge in [-0.15, -0.1) is 11.3 Å². The van der Waals surface area contributed by atoms with E-state index in [4.69, 9.17) is 9.31 Å². The van der Waals surface area contributed by atoms with Crippen LogP contribution in [0.4, 0.5) is 0 Å². The van der Waals surface area contributed by atoms with Crippen LogP contribution in [-0.2, 0) is 15.7 Å². The molecule has 1 aromatic carbocycles. The molecule has 140 valence electrons. The number of hydrogen-bond donors (Lipinski definition) is 1. The van der Waals surface area contributed by atoms with Gasteiger partial charge in [-0.3, -0.25) is 0 Å². The normalized spacial score (nSPS) is 17.7. The van der Waals surface area contributed by atoms with E-state index in [-0.39, 0.29) is 4.88 Å². The number of carbonyl (C=O) groups is 1. The molecule has 1 saturated heterocycles. The van der Waals surface area contributed by atoms with Gasteiger partial charge in [0.25, 0.3) is 0 Å². The average Bonchev–Trinajstić information content (AvgIpc) is 3.09. The van der Waals surface area contributed by atoms with Gasteiger partial charge in [-0.1, -0.05) is 31.2 Å². The highest BCUT2D eigenvalue weighted by atomic mass is 32.1. The molecule has 3 rings (SSSR count). The van der Waals surface area contributed by atoms with Crippen LogP contribution in [0, 0.1) is 11.3 Å². The standard InChI is InChI=1S/C20H22BNO4S/c1-6-15-14(11-22)16(17(27-15)18(23)24)12-7-9-13(10-8-12)21-25-19(2,3)20(4,5)26-21/h7-10H,6H2,1-5H3,(H,23,24). The van der Waals surface area contributed by atoms with Crippen molar-refractivity contribution >= 4 is 29.9 Å². The third kappa shape index (κ3) is 3.29. The molecule has 0 radical (unpaired) electrons. The molecular formula is C20H22BNO4S. The summed E-state index contributed by atoms with van der Waals surface area (Å²) in [6.45, 7) is 9.91. The lowest BCUT2D eigenvalue weighted by Gasteiger charge is -2.32. The first-order valence-corrected chi connectivity index (χ1v) is 9.68. The Bertz CT molecular complexity index is 909. The number of hydrogen-bond acceptors (Lipinski definition) is 5. The zero-order valence-electron chi connectivity index (χ0n) is 16.1. The number of carboxylic acids is 1. The van der Waals surface area contributed by atoms with E-state index in [0.29, 0.717) is 23.1 Å². The van der Waals surface area contributed by atoms with Crippen molar-refractivity contribution in [2.45, 2.75) is 52.2 Å². The number of benzene rings is 1. The molecular weight excluding hydrogens is 361 g/mol. The number of thiophene rings is 1. The Morgan fingerprint density at radius 2 is 1.74 bits per heavy atom. The lowest BCUT2D eigenvalue weighted by Crippen LogP contribution is -2.41. The summed E-state index contributed by atoms with van der Waals surface area (Å²) in [6, 6.07) is 9.57. The summed E-state index contributed by atoms with van der Waals surface area (Å²) in [4.78, 5) is 12.7. The predicted octanol–water partition coefficient (Wildman–Crippen LogP) is 3.85. The zero-order valence-corrected chi connectivity index (χ0v) is 16.9. The summed E-state index contributed by atoms with van der Waals surface area (Å²) in [5.41, 5.74) is 1.66. The van der Waals surface area contributed by atoms with Crippen LogP contribution in [0.5, 0.6) is 0 Å². The van der Waals surface area contributed by atoms with Crippen LogP contribution in [-0.4, -0.2) is 29.4 Å². The molecule has 0 aliphatic carbocycles. The monoisotopic (exact) mass is 383 g/mol. The van der Waals surface area contributed by atoms with Crippen LogP contribution in [0.25, 0.3) is 11.1 Å². The molecule has 27 heavy (non-hydrogen) atoms. The summed E-state index contributed by atoms with van der Waals surface area (Å²) in [5.74, 6) is -1.01. The Hall–Kier alpha value is -2.14. The average molecular weight is 383 g/mol. The molecule has 2 aromatic rings. The third-order valence-corrected chi connectivity index (χ3v) is 6.66. The maximum absolute atomic E-state index is 11.7. The minimum absolute atomic E-state index is 0.201. The Morgan fingerprint density at radius 1 is 1.19 bits per heavy atom. The van der Waals surface area contributed by atoms with Crippen LogP contribution in [0.1, 0.15) is 54.7 Å². The molecule has 0 amide bonds. The highest BCUT2D eigenvalue weighted by Gasteiger charge is 2.51. The van der Waals surface area contributed by atoms with E-state index >= 15 is 0 Å². The predicted molar refractivity (Wildman–Crippen MR) is 107 cm³/mol. The number of aromatic carboxylic acids is 1. The molecule has 1 fully saturated rings. The van der Waals surface area contributed by atoms with Crippen LogP contribution in [0.2, 0.25) is 0 Å². The van der Waals surface area contributed by atoms with Gasteiger partial charge in [-0.2, -0.15) is 5.26 Å². The molecule has 0 saturated carbocycles. The van der Waals surface area contributed by atoms with Crippen molar-refractivity contribution in [2.24, 2.45) is 0 Å². The molecule has 0 bridgehead atoms. The smallest absolute Gasteiger partial charge is 0.477 e. The molecule has 1 N–H and O–H groups in total. The van der Waals surface area contributed by atoms with Crippen LogP contribution < -0.4 is 5.46 Å². The number of aryl methyl sites for hydroxylation is 1. The fourth-order valence-electron chi connectivity index (χ4n) is 3.06. The van der Waals surface area contributed by atoms with E-state index in [9.17, 15) is 15.2 Å². The molecule has 0 unspecified atom stereocenters. The first kappa shape index (κ1) is 19.6. The van der Waals surface area contributed by atoms with Crippen molar-refractivity contribution in [3.05, 3.63) is 39.6 Å². The van der Waals surface area contributed by atoms with Crippen LogP contribution in [0.3, 0.4) is 0 Å². The van der Waals surface area contributed by atoms with E-state index in [2.05, 4.69) is 6.07 Å². The molecule has 0 atom stereocenters. The summed E-state index contributed by atoms with van der Waals surface area (Å²) < 4.78 is 12.1. The second-order valence-electron chi connectivity index (χ2n) is 7.59. The van der Waals surface area contributed by atoms with Crippen LogP contribution >= 0.6 is 11.3 Å². The second-order valence-corrected chi connectivity index (χ2v) is 8.69. The Morgan fingerprint density at radius 3 is 2.19 bits per heavy atom. The highest BCUT2D eigenvalue weighted by molar-refractivity contribution is 7.14. The van der Waals surface area contributed by atoms with Crippen molar-refractivity contribution in [3.8, 4) is 17.2 Å². The van der Waals surface area contributed by atoms with Gasteiger partial charge >= 0.3 is 13.1 Å². The number of carboxylic acid groups (broad SMARTS) is 1. The van der Waals surface area contributed by atoms with E-state index in [1.807, 2.05) is 58.9 Å². The molecule has 1 aliphatic rings. The van der Waals surface area contributed by atoms with E-state index in [1.165, 1.54) is 11.3 Å². The number of nitriles is 1. The molecule has 0 spiro atoms. The quantitative estimate of drug-likeness (QED) is 0.812. The SMILES string of the molecule is CCc1sc(C(=O)O)c(-c2ccc(B3OC(C)(C)C(C)(C)O3)cc2)c1C#N. The summed E-state index contributed by atoms with van der Waals surface area (Å²) >= 11 is 1.17. The minimum atomic E-state index is -1.01. The van der Waals surface area contributed by atoms with E-state index < -0.39 is 24.3 Å². The van der Waals surface area contributed by atoms with Gasteiger partial charge in [0, 0.05) is 10.4 Å². The van der Waals surface area contributed by atoms with Gasteiger partial charge in [-0.25, -0.2) is 4.79 Å². The summed E-state index contributed by atoms with van der Waals surface area (Å²) in [5, 5.41) is 19.1. The van der Waals surface area contributed by atoms with Crippen molar-refractivity contribution in [1.82, 2.24) is 0 Å². The maximum Gasteiger partial charge on any atom is 0.494 e. The van der Waals surface area contributed by atoms with Gasteiger partial charge in [0.15, 0.2) is 0 Å². The van der Waals surface area contributed by atoms with Gasteiger partial charge in [0.05, 0.1) is 16.8 Å². The lowest BCUT2D eigenvalue weighted by molar-refractivity contribution is 0.00578. The fourth-order valence-corrected chi connectivity index (χ4v) is 4.11. The lowest BCUT2D eigenvalue weighted by atomic mass is 9.78. The fraction of sp³-hybridized carbons (Fsp3) is 0.400. The van der Waals surface area contributed by atoms with Gasteiger partial charge in [-0.05, 0) is 45.1 Å². The molecule has 5 nitrogen and oxygen atoms in total. The van der Waals surface area contributed by atoms with Crippen LogP contribution in [0.15, 0.2) is 24.3 Å². The van der Waals surface area contributed by atoms with Crippen molar-refractivity contribution < 1.29 is 19.2 Å². The van der Waals surface area contributed by atoms with E-state index in [0.717, 1.165) is 10.3 Å². The summed E-state index contributed by atoms with van der Waals surface area (Å²) in [6.07, 6.45) is 0.625. The molecule has 1 aromatic heterocycles. The molecule has 7 heteroatoms. The van der Waals surface area contributed by atoms with Gasteiger partial charge < -0.3 is 14.4 Å². The van der Waals surface area contributed by atoms with Crippen molar-refractivity contribution in [3.63, 3.8) is 0 Å². The highest BCUT2D eigenvalue weighted by Crippen LogP contribution is 2.38. The molecule has 1 aliphatic heterocycles. The topological polar surface area (TPSA) is 79.6 Å². The van der Waals surface area contributed by atoms with Gasteiger partial charge in [0.1, 0.15) is 10.9 Å². The van der Waals surface area contributed by atoms with E-state index in [1.54, 1.807) is 0 Å². The number of rotatable bonds is 4. The minimum Gasteiger partial charge on any atom is -0.477 e.